The van der Waals surface area contributed by atoms with Gasteiger partial charge in [0.15, 0.2) is 0 Å². The lowest BCUT2D eigenvalue weighted by molar-refractivity contribution is 1.78. The van der Waals surface area contributed by atoms with Gasteiger partial charge in [-0.2, -0.15) is 0 Å². The minimum Gasteiger partial charge on any atom is -0.147 e. The van der Waals surface area contributed by atoms with Crippen LogP contribution < -0.4 is 0 Å². The second-order valence-corrected chi connectivity index (χ2v) is 5.91. The number of hydrogen-bond acceptors (Lipinski definition) is 0. The maximum absolute atomic E-state index is 2.32. The molecule has 0 heterocycles. The van der Waals surface area contributed by atoms with E-state index in [1.54, 1.807) is 0 Å². The van der Waals surface area contributed by atoms with E-state index in [1.807, 2.05) is 0 Å². The van der Waals surface area contributed by atoms with Crippen LogP contribution in [0, 0.1) is 0 Å². The lowest BCUT2D eigenvalue weighted by Crippen LogP contribution is -1.81. The second kappa shape index (κ2) is 5.26. The fraction of sp³-hybridized carbons (Fsp3) is 0. The molecule has 0 N–H and O–H groups in total. The third-order valence-electron chi connectivity index (χ3n) is 4.57. The number of fused-ring (bicyclic) bond motifs is 5. The van der Waals surface area contributed by atoms with Gasteiger partial charge in [0.05, 0.1) is 0 Å². The molecule has 0 fully saturated rings. The molecule has 5 aromatic carbocycles. The summed E-state index contributed by atoms with van der Waals surface area (Å²) in [6, 6.07) is 30.8. The van der Waals surface area contributed by atoms with Crippen molar-refractivity contribution in [2.24, 2.45) is 0 Å². The van der Waals surface area contributed by atoms with Crippen LogP contribution in [-0.4, -0.2) is 0 Å². The number of rotatable bonds is 0. The van der Waals surface area contributed by atoms with Crippen LogP contribution in [0.2, 0.25) is 0 Å². The largest absolute Gasteiger partial charge is 0.147 e. The van der Waals surface area contributed by atoms with E-state index in [2.05, 4.69) is 84.9 Å². The van der Waals surface area contributed by atoms with Gasteiger partial charge in [-0.25, -0.2) is 0 Å². The van der Waals surface area contributed by atoms with Crippen molar-refractivity contribution in [3.63, 3.8) is 0 Å². The van der Waals surface area contributed by atoms with Crippen LogP contribution in [0.25, 0.3) is 43.1 Å². The minimum atomic E-state index is 0. The third kappa shape index (κ3) is 2.15. The van der Waals surface area contributed by atoms with Crippen molar-refractivity contribution in [2.75, 3.05) is 0 Å². The van der Waals surface area contributed by atoms with Crippen molar-refractivity contribution in [1.29, 1.82) is 0 Å². The van der Waals surface area contributed by atoms with Gasteiger partial charge >= 0.3 is 0 Å². The van der Waals surface area contributed by atoms with Crippen LogP contribution >= 0.6 is 12.4 Å². The molecule has 110 valence electrons. The molecular formula is C22H15Cl. The Morgan fingerprint density at radius 2 is 0.696 bits per heavy atom. The molecule has 0 aromatic heterocycles. The molecule has 0 aliphatic rings. The molecule has 0 amide bonds. The predicted molar refractivity (Wildman–Crippen MR) is 104 cm³/mol. The molecule has 0 bridgehead atoms. The summed E-state index contributed by atoms with van der Waals surface area (Å²) in [5.74, 6) is 0. The fourth-order valence-corrected chi connectivity index (χ4v) is 3.44. The Hall–Kier alpha value is -2.57. The fourth-order valence-electron chi connectivity index (χ4n) is 3.44. The molecule has 0 spiro atoms. The molecule has 5 aromatic rings. The lowest BCUT2D eigenvalue weighted by atomic mass is 9.96. The van der Waals surface area contributed by atoms with Gasteiger partial charge in [-0.3, -0.25) is 0 Å². The summed E-state index contributed by atoms with van der Waals surface area (Å²) in [5.41, 5.74) is 0. The maximum Gasteiger partial charge on any atom is -0.00988 e. The summed E-state index contributed by atoms with van der Waals surface area (Å²) in [6.07, 6.45) is 0. The number of hydrogen-bond donors (Lipinski definition) is 0. The number of halogens is 1. The van der Waals surface area contributed by atoms with E-state index < -0.39 is 0 Å². The molecule has 0 aliphatic carbocycles. The van der Waals surface area contributed by atoms with Gasteiger partial charge in [0.1, 0.15) is 0 Å². The highest BCUT2D eigenvalue weighted by molar-refractivity contribution is 6.15. The van der Waals surface area contributed by atoms with Gasteiger partial charge in [0.25, 0.3) is 0 Å². The Morgan fingerprint density at radius 3 is 1.09 bits per heavy atom. The first-order valence-electron chi connectivity index (χ1n) is 7.62. The molecule has 0 aliphatic heterocycles. The van der Waals surface area contributed by atoms with Gasteiger partial charge in [-0.1, -0.05) is 60.7 Å². The van der Waals surface area contributed by atoms with E-state index >= 15 is 0 Å². The zero-order chi connectivity index (χ0) is 14.5. The molecule has 0 radical (unpaired) electrons. The van der Waals surface area contributed by atoms with Gasteiger partial charge in [0, 0.05) is 0 Å². The molecule has 0 unspecified atom stereocenters. The van der Waals surface area contributed by atoms with Gasteiger partial charge in [0.2, 0.25) is 0 Å². The summed E-state index contributed by atoms with van der Waals surface area (Å²) in [5, 5.41) is 10.5. The zero-order valence-electron chi connectivity index (χ0n) is 12.5. The van der Waals surface area contributed by atoms with Crippen molar-refractivity contribution in [1.82, 2.24) is 0 Å². The SMILES string of the molecule is Cl.c1ccc2cc3c(ccc4cc5ccccc5cc43)cc2c1. The monoisotopic (exact) mass is 314 g/mol. The zero-order valence-corrected chi connectivity index (χ0v) is 13.3. The lowest BCUT2D eigenvalue weighted by Gasteiger charge is -2.08. The molecule has 0 saturated heterocycles. The molecule has 5 rings (SSSR count). The van der Waals surface area contributed by atoms with Crippen molar-refractivity contribution < 1.29 is 0 Å². The van der Waals surface area contributed by atoms with Crippen LogP contribution in [-0.2, 0) is 0 Å². The van der Waals surface area contributed by atoms with E-state index in [9.17, 15) is 0 Å². The van der Waals surface area contributed by atoms with Gasteiger partial charge in [-0.15, -0.1) is 12.4 Å². The van der Waals surface area contributed by atoms with E-state index in [4.69, 9.17) is 0 Å². The first-order chi connectivity index (χ1) is 10.9. The summed E-state index contributed by atoms with van der Waals surface area (Å²) in [7, 11) is 0. The highest BCUT2D eigenvalue weighted by atomic mass is 35.5. The summed E-state index contributed by atoms with van der Waals surface area (Å²) in [6.45, 7) is 0. The summed E-state index contributed by atoms with van der Waals surface area (Å²) in [4.78, 5) is 0. The van der Waals surface area contributed by atoms with Crippen LogP contribution in [0.4, 0.5) is 0 Å². The molecule has 0 atom stereocenters. The quantitative estimate of drug-likeness (QED) is 0.220. The second-order valence-electron chi connectivity index (χ2n) is 5.91. The topological polar surface area (TPSA) is 0 Å². The smallest absolute Gasteiger partial charge is 0.00988 e. The maximum atomic E-state index is 2.32. The molecule has 0 saturated carbocycles. The Balaban J connectivity index is 0.00000135. The van der Waals surface area contributed by atoms with Crippen molar-refractivity contribution in [2.45, 2.75) is 0 Å². The van der Waals surface area contributed by atoms with E-state index in [1.165, 1.54) is 43.1 Å². The Labute approximate surface area is 140 Å². The predicted octanol–water partition coefficient (Wildman–Crippen LogP) is 6.72. The third-order valence-corrected chi connectivity index (χ3v) is 4.57. The van der Waals surface area contributed by atoms with Crippen molar-refractivity contribution in [3.05, 3.63) is 84.9 Å². The van der Waals surface area contributed by atoms with E-state index in [-0.39, 0.29) is 12.4 Å². The normalized spacial score (nSPS) is 11.1. The molecule has 23 heavy (non-hydrogen) atoms. The Bertz CT molecular complexity index is 1080. The number of benzene rings is 5. The Morgan fingerprint density at radius 1 is 0.348 bits per heavy atom. The van der Waals surface area contributed by atoms with Crippen LogP contribution in [0.1, 0.15) is 0 Å². The minimum absolute atomic E-state index is 0. The first-order valence-corrected chi connectivity index (χ1v) is 7.62. The summed E-state index contributed by atoms with van der Waals surface area (Å²) >= 11 is 0. The highest BCUT2D eigenvalue weighted by Gasteiger charge is 2.04. The first kappa shape index (κ1) is 14.0. The average Bonchev–Trinajstić information content (AvgIpc) is 2.58. The van der Waals surface area contributed by atoms with Gasteiger partial charge in [-0.05, 0) is 67.4 Å². The van der Waals surface area contributed by atoms with E-state index in [0.717, 1.165) is 0 Å². The molecule has 0 nitrogen and oxygen atoms in total. The molecular weight excluding hydrogens is 300 g/mol. The molecule has 1 heteroatoms. The Kier molecular flexibility index (Phi) is 3.21. The highest BCUT2D eigenvalue weighted by Crippen LogP contribution is 2.32. The summed E-state index contributed by atoms with van der Waals surface area (Å²) < 4.78 is 0. The van der Waals surface area contributed by atoms with Crippen LogP contribution in [0.3, 0.4) is 0 Å². The standard InChI is InChI=1S/C22H14.ClH/c1-3-7-17-13-21-19(11-15(17)5-1)9-10-20-12-16-6-2-4-8-18(16)14-22(20)21;/h1-14H;1H. The van der Waals surface area contributed by atoms with Crippen molar-refractivity contribution >= 4 is 55.5 Å². The van der Waals surface area contributed by atoms with Gasteiger partial charge < -0.3 is 0 Å². The van der Waals surface area contributed by atoms with Crippen LogP contribution in [0.15, 0.2) is 84.9 Å². The van der Waals surface area contributed by atoms with Crippen molar-refractivity contribution in [3.8, 4) is 0 Å². The van der Waals surface area contributed by atoms with Crippen LogP contribution in [0.5, 0.6) is 0 Å². The average molecular weight is 315 g/mol. The van der Waals surface area contributed by atoms with E-state index in [0.29, 0.717) is 0 Å².